The second kappa shape index (κ2) is 5.24. The molecule has 3 aliphatic rings. The minimum absolute atomic E-state index is 0.0278. The number of nitrogens with one attached hydrogen (secondary N) is 1. The van der Waals surface area contributed by atoms with Gasteiger partial charge in [0.2, 0.25) is 0 Å². The van der Waals surface area contributed by atoms with E-state index >= 15 is 0 Å². The summed E-state index contributed by atoms with van der Waals surface area (Å²) in [5, 5.41) is 13.7. The molecule has 3 unspecified atom stereocenters. The molecule has 1 aliphatic heterocycles. The van der Waals surface area contributed by atoms with Gasteiger partial charge in [0, 0.05) is 36.1 Å². The number of hydrogen-bond acceptors (Lipinski definition) is 3. The first-order chi connectivity index (χ1) is 10.6. The lowest BCUT2D eigenvalue weighted by Crippen LogP contribution is -2.52. The number of aliphatic hydroxyl groups is 1. The molecule has 0 amide bonds. The summed E-state index contributed by atoms with van der Waals surface area (Å²) >= 11 is 0. The first kappa shape index (κ1) is 14.5. The largest absolute Gasteiger partial charge is 0.487 e. The van der Waals surface area contributed by atoms with Gasteiger partial charge in [0.05, 0.1) is 0 Å². The van der Waals surface area contributed by atoms with Gasteiger partial charge in [-0.25, -0.2) is 0 Å². The zero-order chi connectivity index (χ0) is 15.2. The van der Waals surface area contributed by atoms with Crippen LogP contribution in [0.25, 0.3) is 0 Å². The van der Waals surface area contributed by atoms with Crippen LogP contribution in [0.5, 0.6) is 5.75 Å². The van der Waals surface area contributed by atoms with Crippen LogP contribution in [0.1, 0.15) is 63.5 Å². The Balaban J connectivity index is 1.60. The standard InChI is InChI=1S/C19H27NO2/c1-18(13-21)9-4-8-17(18)20-15-12-19(10-5-11-19)22-16-7-3-2-6-14(15)16/h2-3,6-7,15,17,20-21H,4-5,8-13H2,1H3. The second-order valence-corrected chi connectivity index (χ2v) is 7.86. The van der Waals surface area contributed by atoms with Crippen molar-refractivity contribution in [3.8, 4) is 5.75 Å². The normalized spacial score (nSPS) is 35.7. The average molecular weight is 301 g/mol. The van der Waals surface area contributed by atoms with E-state index in [0.717, 1.165) is 18.6 Å². The lowest BCUT2D eigenvalue weighted by molar-refractivity contribution is -0.0401. The van der Waals surface area contributed by atoms with Crippen LogP contribution in [-0.4, -0.2) is 23.4 Å². The SMILES string of the molecule is CC1(CO)CCCC1NC1CC2(CCC2)Oc2ccccc21. The highest BCUT2D eigenvalue weighted by Crippen LogP contribution is 2.50. The van der Waals surface area contributed by atoms with E-state index in [-0.39, 0.29) is 17.6 Å². The summed E-state index contributed by atoms with van der Waals surface area (Å²) in [5.74, 6) is 1.06. The maximum atomic E-state index is 9.82. The van der Waals surface area contributed by atoms with E-state index in [9.17, 15) is 5.11 Å². The van der Waals surface area contributed by atoms with Crippen molar-refractivity contribution in [3.63, 3.8) is 0 Å². The first-order valence-corrected chi connectivity index (χ1v) is 8.79. The number of aliphatic hydroxyl groups excluding tert-OH is 1. The molecule has 0 radical (unpaired) electrons. The zero-order valence-electron chi connectivity index (χ0n) is 13.5. The third-order valence-corrected chi connectivity index (χ3v) is 6.31. The molecular weight excluding hydrogens is 274 g/mol. The number of fused-ring (bicyclic) bond motifs is 1. The fourth-order valence-electron chi connectivity index (χ4n) is 4.59. The van der Waals surface area contributed by atoms with Gasteiger partial charge in [0.15, 0.2) is 0 Å². The molecule has 0 aromatic heterocycles. The topological polar surface area (TPSA) is 41.5 Å². The fraction of sp³-hybridized carbons (Fsp3) is 0.684. The Morgan fingerprint density at radius 2 is 2.05 bits per heavy atom. The van der Waals surface area contributed by atoms with Crippen molar-refractivity contribution in [3.05, 3.63) is 29.8 Å². The Kier molecular flexibility index (Phi) is 3.46. The molecule has 3 nitrogen and oxygen atoms in total. The van der Waals surface area contributed by atoms with Gasteiger partial charge in [-0.3, -0.25) is 0 Å². The van der Waals surface area contributed by atoms with E-state index in [0.29, 0.717) is 12.1 Å². The predicted molar refractivity (Wildman–Crippen MR) is 87.0 cm³/mol. The summed E-state index contributed by atoms with van der Waals surface area (Å²) < 4.78 is 6.34. The number of para-hydroxylation sites is 1. The molecule has 2 aliphatic carbocycles. The predicted octanol–water partition coefficient (Wildman–Crippen LogP) is 3.57. The Hall–Kier alpha value is -1.06. The maximum Gasteiger partial charge on any atom is 0.124 e. The molecular formula is C19H27NO2. The van der Waals surface area contributed by atoms with Gasteiger partial charge in [0.1, 0.15) is 11.4 Å². The number of rotatable bonds is 3. The Labute approximate surface area is 133 Å². The fourth-order valence-corrected chi connectivity index (χ4v) is 4.59. The minimum atomic E-state index is 0.0278. The van der Waals surface area contributed by atoms with Crippen LogP contribution < -0.4 is 10.1 Å². The highest BCUT2D eigenvalue weighted by Gasteiger charge is 2.47. The smallest absolute Gasteiger partial charge is 0.124 e. The van der Waals surface area contributed by atoms with E-state index in [1.165, 1.54) is 37.7 Å². The van der Waals surface area contributed by atoms with Gasteiger partial charge in [-0.1, -0.05) is 31.5 Å². The first-order valence-electron chi connectivity index (χ1n) is 8.79. The summed E-state index contributed by atoms with van der Waals surface area (Å²) in [4.78, 5) is 0. The van der Waals surface area contributed by atoms with Crippen molar-refractivity contribution in [2.75, 3.05) is 6.61 Å². The molecule has 1 aromatic carbocycles. The van der Waals surface area contributed by atoms with Crippen molar-refractivity contribution in [1.29, 1.82) is 0 Å². The van der Waals surface area contributed by atoms with Gasteiger partial charge in [-0.15, -0.1) is 0 Å². The third kappa shape index (κ3) is 2.26. The lowest BCUT2D eigenvalue weighted by Gasteiger charge is -2.49. The molecule has 4 rings (SSSR count). The van der Waals surface area contributed by atoms with Crippen molar-refractivity contribution < 1.29 is 9.84 Å². The van der Waals surface area contributed by atoms with Gasteiger partial charge >= 0.3 is 0 Å². The Bertz CT molecular complexity index is 554. The zero-order valence-corrected chi connectivity index (χ0v) is 13.5. The second-order valence-electron chi connectivity index (χ2n) is 7.86. The lowest BCUT2D eigenvalue weighted by atomic mass is 9.72. The quantitative estimate of drug-likeness (QED) is 0.896. The van der Waals surface area contributed by atoms with Crippen LogP contribution in [0.4, 0.5) is 0 Å². The van der Waals surface area contributed by atoms with Crippen molar-refractivity contribution in [2.45, 2.75) is 69.6 Å². The summed E-state index contributed by atoms with van der Waals surface area (Å²) in [6.45, 7) is 2.50. The number of ether oxygens (including phenoxy) is 1. The summed E-state index contributed by atoms with van der Waals surface area (Å²) in [7, 11) is 0. The molecule has 0 bridgehead atoms. The van der Waals surface area contributed by atoms with Gasteiger partial charge in [-0.05, 0) is 38.2 Å². The van der Waals surface area contributed by atoms with Crippen LogP contribution in [0.2, 0.25) is 0 Å². The molecule has 1 heterocycles. The molecule has 22 heavy (non-hydrogen) atoms. The molecule has 0 saturated heterocycles. The summed E-state index contributed by atoms with van der Waals surface area (Å²) in [6, 6.07) is 9.26. The maximum absolute atomic E-state index is 9.82. The Morgan fingerprint density at radius 1 is 1.23 bits per heavy atom. The van der Waals surface area contributed by atoms with Gasteiger partial charge < -0.3 is 15.2 Å². The van der Waals surface area contributed by atoms with E-state index < -0.39 is 0 Å². The van der Waals surface area contributed by atoms with Crippen LogP contribution in [0, 0.1) is 5.41 Å². The van der Waals surface area contributed by atoms with Crippen molar-refractivity contribution >= 4 is 0 Å². The van der Waals surface area contributed by atoms with E-state index in [1.807, 2.05) is 0 Å². The molecule has 2 N–H and O–H groups in total. The molecule has 2 fully saturated rings. The highest BCUT2D eigenvalue weighted by atomic mass is 16.5. The molecule has 3 heteroatoms. The van der Waals surface area contributed by atoms with Crippen LogP contribution in [0.3, 0.4) is 0 Å². The molecule has 2 saturated carbocycles. The third-order valence-electron chi connectivity index (χ3n) is 6.31. The van der Waals surface area contributed by atoms with Crippen LogP contribution in [0.15, 0.2) is 24.3 Å². The summed E-state index contributed by atoms with van der Waals surface area (Å²) in [6.07, 6.45) is 8.23. The van der Waals surface area contributed by atoms with Crippen LogP contribution >= 0.6 is 0 Å². The van der Waals surface area contributed by atoms with E-state index in [1.54, 1.807) is 0 Å². The van der Waals surface area contributed by atoms with Gasteiger partial charge in [-0.2, -0.15) is 0 Å². The monoisotopic (exact) mass is 301 g/mol. The minimum Gasteiger partial charge on any atom is -0.487 e. The van der Waals surface area contributed by atoms with Crippen molar-refractivity contribution in [2.24, 2.45) is 5.41 Å². The number of benzene rings is 1. The molecule has 1 spiro atoms. The summed E-state index contributed by atoms with van der Waals surface area (Å²) in [5.41, 5.74) is 1.40. The van der Waals surface area contributed by atoms with Crippen molar-refractivity contribution in [1.82, 2.24) is 5.32 Å². The molecule has 1 aromatic rings. The molecule has 3 atom stereocenters. The van der Waals surface area contributed by atoms with Crippen LogP contribution in [-0.2, 0) is 0 Å². The average Bonchev–Trinajstić information content (AvgIpc) is 2.87. The van der Waals surface area contributed by atoms with E-state index in [2.05, 4.69) is 36.5 Å². The highest BCUT2D eigenvalue weighted by molar-refractivity contribution is 5.39. The van der Waals surface area contributed by atoms with Gasteiger partial charge in [0.25, 0.3) is 0 Å². The Morgan fingerprint density at radius 3 is 2.77 bits per heavy atom. The molecule has 120 valence electrons. The number of hydrogen-bond donors (Lipinski definition) is 2. The van der Waals surface area contributed by atoms with E-state index in [4.69, 9.17) is 4.74 Å².